The Bertz CT molecular complexity index is 1010. The van der Waals surface area contributed by atoms with Crippen LogP contribution in [0.3, 0.4) is 0 Å². The van der Waals surface area contributed by atoms with Crippen LogP contribution in [-0.2, 0) is 9.59 Å². The number of benzene rings is 1. The molecule has 2 aliphatic rings. The first-order valence-electron chi connectivity index (χ1n) is 11.2. The molecule has 3 heterocycles. The van der Waals surface area contributed by atoms with Crippen molar-refractivity contribution in [2.45, 2.75) is 19.3 Å². The van der Waals surface area contributed by atoms with Gasteiger partial charge in [-0.25, -0.2) is 4.98 Å². The SMILES string of the molecule is CN(C(=O)CN1CCCC1)c1ccc(N2CC(CNC(=O)c3ccc(Cl)nc3)CC2=O)cc1. The second kappa shape index (κ2) is 10.3. The van der Waals surface area contributed by atoms with E-state index in [9.17, 15) is 14.4 Å². The van der Waals surface area contributed by atoms with Crippen molar-refractivity contribution < 1.29 is 14.4 Å². The Balaban J connectivity index is 1.30. The van der Waals surface area contributed by atoms with Gasteiger partial charge in [0.25, 0.3) is 5.91 Å². The average molecular weight is 470 g/mol. The van der Waals surface area contributed by atoms with E-state index in [0.717, 1.165) is 37.3 Å². The molecule has 33 heavy (non-hydrogen) atoms. The van der Waals surface area contributed by atoms with Gasteiger partial charge in [0.15, 0.2) is 0 Å². The lowest BCUT2D eigenvalue weighted by Gasteiger charge is -2.22. The van der Waals surface area contributed by atoms with E-state index in [0.29, 0.717) is 36.8 Å². The predicted molar refractivity (Wildman–Crippen MR) is 128 cm³/mol. The van der Waals surface area contributed by atoms with Crippen molar-refractivity contribution in [2.24, 2.45) is 5.92 Å². The van der Waals surface area contributed by atoms with Gasteiger partial charge in [-0.2, -0.15) is 0 Å². The maximum Gasteiger partial charge on any atom is 0.252 e. The highest BCUT2D eigenvalue weighted by Crippen LogP contribution is 2.27. The summed E-state index contributed by atoms with van der Waals surface area (Å²) in [6.45, 7) is 3.32. The van der Waals surface area contributed by atoms with Crippen LogP contribution >= 0.6 is 11.6 Å². The summed E-state index contributed by atoms with van der Waals surface area (Å²) in [5.74, 6) is -0.135. The van der Waals surface area contributed by atoms with Crippen molar-refractivity contribution in [1.82, 2.24) is 15.2 Å². The lowest BCUT2D eigenvalue weighted by atomic mass is 10.1. The van der Waals surface area contributed by atoms with Crippen LogP contribution in [0.2, 0.25) is 5.15 Å². The normalized spacial score (nSPS) is 18.5. The third-order valence-electron chi connectivity index (χ3n) is 6.23. The van der Waals surface area contributed by atoms with Gasteiger partial charge in [0.1, 0.15) is 5.15 Å². The van der Waals surface area contributed by atoms with E-state index in [4.69, 9.17) is 11.6 Å². The zero-order chi connectivity index (χ0) is 23.4. The first-order valence-corrected chi connectivity index (χ1v) is 11.6. The molecule has 1 unspecified atom stereocenters. The summed E-state index contributed by atoms with van der Waals surface area (Å²) < 4.78 is 0. The molecule has 0 bridgehead atoms. The fourth-order valence-corrected chi connectivity index (χ4v) is 4.37. The number of carbonyl (C=O) groups is 3. The Hall–Kier alpha value is -2.97. The third kappa shape index (κ3) is 5.69. The minimum Gasteiger partial charge on any atom is -0.352 e. The number of nitrogens with one attached hydrogen (secondary N) is 1. The molecule has 2 aliphatic heterocycles. The molecule has 8 nitrogen and oxygen atoms in total. The van der Waals surface area contributed by atoms with Gasteiger partial charge in [-0.1, -0.05) is 11.6 Å². The van der Waals surface area contributed by atoms with Gasteiger partial charge in [0.2, 0.25) is 11.8 Å². The van der Waals surface area contributed by atoms with Crippen LogP contribution in [0.1, 0.15) is 29.6 Å². The lowest BCUT2D eigenvalue weighted by Crippen LogP contribution is -2.37. The second-order valence-electron chi connectivity index (χ2n) is 8.61. The topological polar surface area (TPSA) is 85.8 Å². The van der Waals surface area contributed by atoms with Gasteiger partial charge < -0.3 is 15.1 Å². The van der Waals surface area contributed by atoms with Crippen LogP contribution in [-0.4, -0.2) is 67.4 Å². The number of aromatic nitrogens is 1. The van der Waals surface area contributed by atoms with Crippen LogP contribution in [0.4, 0.5) is 11.4 Å². The summed E-state index contributed by atoms with van der Waals surface area (Å²) in [6, 6.07) is 10.7. The number of amides is 3. The molecule has 4 rings (SSSR count). The fourth-order valence-electron chi connectivity index (χ4n) is 4.26. The Kier molecular flexibility index (Phi) is 7.25. The number of likely N-dealkylation sites (tertiary alicyclic amines) is 1. The number of hydrogen-bond acceptors (Lipinski definition) is 5. The summed E-state index contributed by atoms with van der Waals surface area (Å²) in [6.07, 6.45) is 4.10. The average Bonchev–Trinajstić information content (AvgIpc) is 3.47. The second-order valence-corrected chi connectivity index (χ2v) is 8.99. The number of likely N-dealkylation sites (N-methyl/N-ethyl adjacent to an activating group) is 1. The molecule has 1 aromatic carbocycles. The first-order chi connectivity index (χ1) is 15.9. The Labute approximate surface area is 198 Å². The summed E-state index contributed by atoms with van der Waals surface area (Å²) in [5, 5.41) is 3.20. The van der Waals surface area contributed by atoms with Crippen LogP contribution in [0.25, 0.3) is 0 Å². The third-order valence-corrected chi connectivity index (χ3v) is 6.45. The fraction of sp³-hybridized carbons (Fsp3) is 0.417. The predicted octanol–water partition coefficient (Wildman–Crippen LogP) is 2.58. The number of pyridine rings is 1. The maximum absolute atomic E-state index is 12.6. The quantitative estimate of drug-likeness (QED) is 0.630. The highest BCUT2D eigenvalue weighted by molar-refractivity contribution is 6.29. The molecule has 2 aromatic rings. The standard InChI is InChI=1S/C24H28ClN5O3/c1-28(23(32)16-29-10-2-3-11-29)19-5-7-20(8-6-19)30-15-17(12-22(30)31)13-27-24(33)18-4-9-21(25)26-14-18/h4-9,14,17H,2-3,10-13,15-16H2,1H3,(H,27,33). The Morgan fingerprint density at radius 3 is 2.55 bits per heavy atom. The van der Waals surface area contributed by atoms with E-state index < -0.39 is 0 Å². The van der Waals surface area contributed by atoms with Crippen molar-refractivity contribution in [3.8, 4) is 0 Å². The Morgan fingerprint density at radius 1 is 1.15 bits per heavy atom. The highest BCUT2D eigenvalue weighted by atomic mass is 35.5. The van der Waals surface area contributed by atoms with E-state index in [1.807, 2.05) is 24.3 Å². The number of rotatable bonds is 7. The van der Waals surface area contributed by atoms with Crippen molar-refractivity contribution in [3.63, 3.8) is 0 Å². The summed E-state index contributed by atoms with van der Waals surface area (Å²) in [7, 11) is 1.78. The van der Waals surface area contributed by atoms with E-state index >= 15 is 0 Å². The molecule has 174 valence electrons. The number of carbonyl (C=O) groups excluding carboxylic acids is 3. The lowest BCUT2D eigenvalue weighted by molar-refractivity contribution is -0.119. The van der Waals surface area contributed by atoms with Crippen LogP contribution in [0, 0.1) is 5.92 Å². The van der Waals surface area contributed by atoms with Gasteiger partial charge in [-0.15, -0.1) is 0 Å². The summed E-state index contributed by atoms with van der Waals surface area (Å²) in [4.78, 5) is 46.9. The minimum absolute atomic E-state index is 0.0195. The molecule has 2 saturated heterocycles. The first kappa shape index (κ1) is 23.2. The van der Waals surface area contributed by atoms with Crippen molar-refractivity contribution in [1.29, 1.82) is 0 Å². The van der Waals surface area contributed by atoms with E-state index in [-0.39, 0.29) is 23.6 Å². The van der Waals surface area contributed by atoms with Gasteiger partial charge in [-0.05, 0) is 62.3 Å². The van der Waals surface area contributed by atoms with Crippen molar-refractivity contribution in [2.75, 3.05) is 49.6 Å². The number of halogens is 1. The molecule has 1 atom stereocenters. The number of nitrogens with zero attached hydrogens (tertiary/aromatic N) is 4. The molecule has 1 N–H and O–H groups in total. The molecule has 0 aliphatic carbocycles. The van der Waals surface area contributed by atoms with E-state index in [1.165, 1.54) is 6.20 Å². The molecule has 3 amide bonds. The monoisotopic (exact) mass is 469 g/mol. The summed E-state index contributed by atoms with van der Waals surface area (Å²) >= 11 is 5.76. The molecular formula is C24H28ClN5O3. The van der Waals surface area contributed by atoms with E-state index in [1.54, 1.807) is 29.0 Å². The molecule has 2 fully saturated rings. The Morgan fingerprint density at radius 2 is 1.88 bits per heavy atom. The minimum atomic E-state index is -0.240. The van der Waals surface area contributed by atoms with Crippen molar-refractivity contribution >= 4 is 40.7 Å². The molecule has 0 spiro atoms. The van der Waals surface area contributed by atoms with Crippen LogP contribution in [0.15, 0.2) is 42.6 Å². The van der Waals surface area contributed by atoms with E-state index in [2.05, 4.69) is 15.2 Å². The van der Waals surface area contributed by atoms with Gasteiger partial charge >= 0.3 is 0 Å². The molecule has 0 radical (unpaired) electrons. The zero-order valence-electron chi connectivity index (χ0n) is 18.7. The molecule has 0 saturated carbocycles. The van der Waals surface area contributed by atoms with Gasteiger partial charge in [0.05, 0.1) is 12.1 Å². The van der Waals surface area contributed by atoms with Gasteiger partial charge in [-0.3, -0.25) is 19.3 Å². The summed E-state index contributed by atoms with van der Waals surface area (Å²) in [5.41, 5.74) is 2.02. The van der Waals surface area contributed by atoms with Crippen molar-refractivity contribution in [3.05, 3.63) is 53.3 Å². The number of anilines is 2. The zero-order valence-corrected chi connectivity index (χ0v) is 19.4. The largest absolute Gasteiger partial charge is 0.352 e. The molecular weight excluding hydrogens is 442 g/mol. The van der Waals surface area contributed by atoms with Crippen LogP contribution in [0.5, 0.6) is 0 Å². The molecule has 9 heteroatoms. The van der Waals surface area contributed by atoms with Gasteiger partial charge in [0, 0.05) is 50.0 Å². The highest BCUT2D eigenvalue weighted by Gasteiger charge is 2.31. The van der Waals surface area contributed by atoms with Crippen LogP contribution < -0.4 is 15.1 Å². The maximum atomic E-state index is 12.6. The molecule has 1 aromatic heterocycles. The number of hydrogen-bond donors (Lipinski definition) is 1. The smallest absolute Gasteiger partial charge is 0.252 e.